The molecule has 1 unspecified atom stereocenters. The van der Waals surface area contributed by atoms with Crippen LogP contribution in [0.3, 0.4) is 0 Å². The molecule has 15 heavy (non-hydrogen) atoms. The second-order valence-electron chi connectivity index (χ2n) is 4.19. The molecule has 1 aromatic rings. The van der Waals surface area contributed by atoms with Crippen LogP contribution in [0.2, 0.25) is 0 Å². The van der Waals surface area contributed by atoms with Crippen molar-refractivity contribution in [3.05, 3.63) is 34.9 Å². The fraction of sp³-hybridized carbons (Fsp3) is 0.500. The molecular weight excluding hydrogens is 196 g/mol. The summed E-state index contributed by atoms with van der Waals surface area (Å²) in [5.74, 6) is -0.887. The molecule has 0 spiro atoms. The molecule has 2 rings (SSSR count). The third kappa shape index (κ3) is 2.34. The first-order chi connectivity index (χ1) is 7.16. The molecule has 1 saturated heterocycles. The van der Waals surface area contributed by atoms with Crippen molar-refractivity contribution in [1.82, 2.24) is 5.32 Å². The molecule has 1 fully saturated rings. The number of benzene rings is 1. The van der Waals surface area contributed by atoms with Crippen molar-refractivity contribution in [2.45, 2.75) is 32.2 Å². The van der Waals surface area contributed by atoms with Gasteiger partial charge in [-0.25, -0.2) is 8.78 Å². The first kappa shape index (κ1) is 10.6. The number of nitrogens with one attached hydrogen (secondary N) is 1. The number of rotatable bonds is 2. The molecule has 1 N–H and O–H groups in total. The quantitative estimate of drug-likeness (QED) is 0.792. The van der Waals surface area contributed by atoms with E-state index >= 15 is 0 Å². The monoisotopic (exact) mass is 211 g/mol. The van der Waals surface area contributed by atoms with Gasteiger partial charge in [-0.2, -0.15) is 0 Å². The minimum atomic E-state index is -0.462. The van der Waals surface area contributed by atoms with Crippen LogP contribution in [-0.2, 0) is 6.42 Å². The van der Waals surface area contributed by atoms with Crippen molar-refractivity contribution in [2.75, 3.05) is 6.54 Å². The first-order valence-corrected chi connectivity index (χ1v) is 5.34. The summed E-state index contributed by atoms with van der Waals surface area (Å²) in [5, 5.41) is 3.31. The van der Waals surface area contributed by atoms with Crippen LogP contribution in [0.1, 0.15) is 24.0 Å². The van der Waals surface area contributed by atoms with Gasteiger partial charge in [-0.3, -0.25) is 0 Å². The lowest BCUT2D eigenvalue weighted by molar-refractivity contribution is 0.542. The Labute approximate surface area is 88.5 Å². The van der Waals surface area contributed by atoms with Gasteiger partial charge in [0.2, 0.25) is 0 Å². The van der Waals surface area contributed by atoms with Gasteiger partial charge in [-0.05, 0) is 43.9 Å². The topological polar surface area (TPSA) is 12.0 Å². The maximum absolute atomic E-state index is 13.4. The SMILES string of the molecule is Cc1cc(CC2CCCN2)c(F)cc1F. The van der Waals surface area contributed by atoms with E-state index in [-0.39, 0.29) is 0 Å². The van der Waals surface area contributed by atoms with Crippen molar-refractivity contribution in [1.29, 1.82) is 0 Å². The van der Waals surface area contributed by atoms with Crippen molar-refractivity contribution < 1.29 is 8.78 Å². The smallest absolute Gasteiger partial charge is 0.129 e. The van der Waals surface area contributed by atoms with E-state index in [1.165, 1.54) is 0 Å². The predicted octanol–water partition coefficient (Wildman–Crippen LogP) is 2.57. The second-order valence-corrected chi connectivity index (χ2v) is 4.19. The highest BCUT2D eigenvalue weighted by molar-refractivity contribution is 5.26. The van der Waals surface area contributed by atoms with E-state index in [0.717, 1.165) is 25.5 Å². The molecule has 3 heteroatoms. The Bertz CT molecular complexity index is 357. The van der Waals surface area contributed by atoms with E-state index in [9.17, 15) is 8.78 Å². The molecule has 0 aromatic heterocycles. The van der Waals surface area contributed by atoms with E-state index in [1.807, 2.05) is 0 Å². The zero-order valence-electron chi connectivity index (χ0n) is 8.82. The summed E-state index contributed by atoms with van der Waals surface area (Å²) in [6, 6.07) is 2.95. The Balaban J connectivity index is 2.16. The van der Waals surface area contributed by atoms with E-state index < -0.39 is 11.6 Å². The first-order valence-electron chi connectivity index (χ1n) is 5.34. The van der Waals surface area contributed by atoms with E-state index in [0.29, 0.717) is 23.6 Å². The Hall–Kier alpha value is -0.960. The Morgan fingerprint density at radius 3 is 2.80 bits per heavy atom. The third-order valence-corrected chi connectivity index (χ3v) is 2.96. The number of aryl methyl sites for hydroxylation is 1. The van der Waals surface area contributed by atoms with Gasteiger partial charge in [0.05, 0.1) is 0 Å². The molecule has 0 amide bonds. The number of halogens is 2. The maximum Gasteiger partial charge on any atom is 0.129 e. The highest BCUT2D eigenvalue weighted by atomic mass is 19.1. The van der Waals surface area contributed by atoms with Crippen LogP contribution in [-0.4, -0.2) is 12.6 Å². The molecule has 1 aliphatic rings. The molecule has 0 radical (unpaired) electrons. The van der Waals surface area contributed by atoms with Crippen molar-refractivity contribution in [3.63, 3.8) is 0 Å². The molecule has 1 atom stereocenters. The molecule has 82 valence electrons. The van der Waals surface area contributed by atoms with Gasteiger partial charge in [-0.1, -0.05) is 6.07 Å². The second kappa shape index (κ2) is 4.27. The molecule has 1 aliphatic heterocycles. The summed E-state index contributed by atoms with van der Waals surface area (Å²) in [4.78, 5) is 0. The molecule has 0 saturated carbocycles. The van der Waals surface area contributed by atoms with Crippen molar-refractivity contribution >= 4 is 0 Å². The number of hydrogen-bond acceptors (Lipinski definition) is 1. The Kier molecular flexibility index (Phi) is 3.00. The lowest BCUT2D eigenvalue weighted by Crippen LogP contribution is -2.24. The van der Waals surface area contributed by atoms with Crippen LogP contribution in [0.15, 0.2) is 12.1 Å². The average molecular weight is 211 g/mol. The molecule has 1 aromatic carbocycles. The van der Waals surface area contributed by atoms with Crippen LogP contribution in [0.5, 0.6) is 0 Å². The summed E-state index contributed by atoms with van der Waals surface area (Å²) < 4.78 is 26.4. The van der Waals surface area contributed by atoms with Crippen LogP contribution in [0.4, 0.5) is 8.78 Å². The summed E-state index contributed by atoms with van der Waals surface area (Å²) in [6.45, 7) is 2.67. The van der Waals surface area contributed by atoms with E-state index in [1.54, 1.807) is 13.0 Å². The van der Waals surface area contributed by atoms with E-state index in [2.05, 4.69) is 5.32 Å². The Morgan fingerprint density at radius 2 is 2.13 bits per heavy atom. The number of hydrogen-bond donors (Lipinski definition) is 1. The standard InChI is InChI=1S/C12H15F2N/c1-8-5-9(12(14)7-11(8)13)6-10-3-2-4-15-10/h5,7,10,15H,2-4,6H2,1H3. The van der Waals surface area contributed by atoms with Crippen LogP contribution >= 0.6 is 0 Å². The molecular formula is C12H15F2N. The zero-order chi connectivity index (χ0) is 10.8. The van der Waals surface area contributed by atoms with Crippen molar-refractivity contribution in [2.24, 2.45) is 0 Å². The molecule has 1 nitrogen and oxygen atoms in total. The lowest BCUT2D eigenvalue weighted by Gasteiger charge is -2.11. The fourth-order valence-corrected chi connectivity index (χ4v) is 2.07. The van der Waals surface area contributed by atoms with Crippen molar-refractivity contribution in [3.8, 4) is 0 Å². The van der Waals surface area contributed by atoms with Gasteiger partial charge in [0, 0.05) is 12.1 Å². The minimum absolute atomic E-state index is 0.351. The largest absolute Gasteiger partial charge is 0.314 e. The maximum atomic E-state index is 13.4. The minimum Gasteiger partial charge on any atom is -0.314 e. The summed E-state index contributed by atoms with van der Waals surface area (Å²) >= 11 is 0. The van der Waals surface area contributed by atoms with Gasteiger partial charge in [0.15, 0.2) is 0 Å². The Morgan fingerprint density at radius 1 is 1.33 bits per heavy atom. The normalized spacial score (nSPS) is 20.9. The average Bonchev–Trinajstić information content (AvgIpc) is 2.67. The van der Waals surface area contributed by atoms with Crippen LogP contribution in [0, 0.1) is 18.6 Å². The highest BCUT2D eigenvalue weighted by Crippen LogP contribution is 2.18. The van der Waals surface area contributed by atoms with Gasteiger partial charge in [0.1, 0.15) is 11.6 Å². The summed E-state index contributed by atoms with van der Waals surface area (Å²) in [6.07, 6.45) is 2.88. The summed E-state index contributed by atoms with van der Waals surface area (Å²) in [5.41, 5.74) is 1.14. The lowest BCUT2D eigenvalue weighted by atomic mass is 10.0. The third-order valence-electron chi connectivity index (χ3n) is 2.96. The molecule has 1 heterocycles. The van der Waals surface area contributed by atoms with Gasteiger partial charge in [0.25, 0.3) is 0 Å². The van der Waals surface area contributed by atoms with Gasteiger partial charge < -0.3 is 5.32 Å². The molecule has 0 aliphatic carbocycles. The van der Waals surface area contributed by atoms with Crippen LogP contribution < -0.4 is 5.32 Å². The predicted molar refractivity (Wildman–Crippen MR) is 55.8 cm³/mol. The van der Waals surface area contributed by atoms with Crippen LogP contribution in [0.25, 0.3) is 0 Å². The fourth-order valence-electron chi connectivity index (χ4n) is 2.07. The summed E-state index contributed by atoms with van der Waals surface area (Å²) in [7, 11) is 0. The van der Waals surface area contributed by atoms with Gasteiger partial charge in [-0.15, -0.1) is 0 Å². The van der Waals surface area contributed by atoms with Gasteiger partial charge >= 0.3 is 0 Å². The zero-order valence-corrected chi connectivity index (χ0v) is 8.82. The highest BCUT2D eigenvalue weighted by Gasteiger charge is 2.17. The van der Waals surface area contributed by atoms with E-state index in [4.69, 9.17) is 0 Å². The molecule has 0 bridgehead atoms.